The van der Waals surface area contributed by atoms with Gasteiger partial charge in [0.1, 0.15) is 11.9 Å². The Labute approximate surface area is 160 Å². The number of hydrogen-bond donors (Lipinski definition) is 0. The van der Waals surface area contributed by atoms with Gasteiger partial charge in [0.05, 0.1) is 5.56 Å². The zero-order valence-corrected chi connectivity index (χ0v) is 16.0. The van der Waals surface area contributed by atoms with E-state index in [0.29, 0.717) is 5.75 Å². The average Bonchev–Trinajstić information content (AvgIpc) is 2.65. The van der Waals surface area contributed by atoms with Crippen molar-refractivity contribution in [2.45, 2.75) is 44.9 Å². The molecule has 0 aliphatic rings. The Kier molecular flexibility index (Phi) is 8.17. The lowest BCUT2D eigenvalue weighted by molar-refractivity contribution is -0.137. The largest absolute Gasteiger partial charge is 0.486 e. The Morgan fingerprint density at radius 2 is 1.59 bits per heavy atom. The van der Waals surface area contributed by atoms with E-state index in [1.807, 2.05) is 30.3 Å². The maximum atomic E-state index is 12.7. The number of alkyl halides is 3. The second kappa shape index (κ2) is 10.4. The second-order valence-electron chi connectivity index (χ2n) is 6.84. The van der Waals surface area contributed by atoms with E-state index in [0.717, 1.165) is 37.2 Å². The topological polar surface area (TPSA) is 12.5 Å². The number of hydrogen-bond acceptors (Lipinski definition) is 2. The molecular formula is C22H28F3NO. The lowest BCUT2D eigenvalue weighted by atomic mass is 10.1. The highest BCUT2D eigenvalue weighted by molar-refractivity contribution is 5.30. The van der Waals surface area contributed by atoms with Crippen LogP contribution >= 0.6 is 0 Å². The molecule has 2 nitrogen and oxygen atoms in total. The van der Waals surface area contributed by atoms with Crippen molar-refractivity contribution in [2.75, 3.05) is 20.1 Å². The molecule has 0 aliphatic carbocycles. The van der Waals surface area contributed by atoms with Crippen molar-refractivity contribution < 1.29 is 17.9 Å². The van der Waals surface area contributed by atoms with E-state index in [1.54, 1.807) is 0 Å². The molecule has 1 unspecified atom stereocenters. The maximum Gasteiger partial charge on any atom is 0.416 e. The standard InChI is InChI=1S/C22H28F3NO/c1-3-4-8-16-26(2)17-15-21(18-9-6-5-7-10-18)27-20-13-11-19(12-14-20)22(23,24)25/h5-7,9-14,21H,3-4,8,15-17H2,1-2H3. The zero-order chi connectivity index (χ0) is 19.7. The minimum absolute atomic E-state index is 0.198. The molecule has 1 atom stereocenters. The van der Waals surface area contributed by atoms with Gasteiger partial charge in [0.15, 0.2) is 0 Å². The predicted octanol–water partition coefficient (Wildman–Crippen LogP) is 6.34. The third-order valence-electron chi connectivity index (χ3n) is 4.55. The molecule has 5 heteroatoms. The van der Waals surface area contributed by atoms with Gasteiger partial charge in [-0.1, -0.05) is 50.1 Å². The van der Waals surface area contributed by atoms with Gasteiger partial charge in [-0.25, -0.2) is 0 Å². The zero-order valence-electron chi connectivity index (χ0n) is 16.0. The van der Waals surface area contributed by atoms with Crippen molar-refractivity contribution in [1.82, 2.24) is 4.90 Å². The van der Waals surface area contributed by atoms with Gasteiger partial charge in [-0.2, -0.15) is 13.2 Å². The van der Waals surface area contributed by atoms with Gasteiger partial charge in [0.25, 0.3) is 0 Å². The van der Waals surface area contributed by atoms with Crippen LogP contribution in [0.1, 0.15) is 49.8 Å². The van der Waals surface area contributed by atoms with Crippen molar-refractivity contribution in [3.05, 3.63) is 65.7 Å². The third-order valence-corrected chi connectivity index (χ3v) is 4.55. The number of halogens is 3. The molecule has 2 aromatic carbocycles. The fourth-order valence-electron chi connectivity index (χ4n) is 2.93. The molecule has 0 aliphatic heterocycles. The number of nitrogens with zero attached hydrogens (tertiary/aromatic N) is 1. The molecule has 2 aromatic rings. The highest BCUT2D eigenvalue weighted by Crippen LogP contribution is 2.32. The number of unbranched alkanes of at least 4 members (excludes halogenated alkanes) is 2. The van der Waals surface area contributed by atoms with Gasteiger partial charge in [-0.05, 0) is 49.8 Å². The Balaban J connectivity index is 2.03. The molecule has 0 radical (unpaired) electrons. The van der Waals surface area contributed by atoms with Gasteiger partial charge in [-0.15, -0.1) is 0 Å². The van der Waals surface area contributed by atoms with E-state index < -0.39 is 11.7 Å². The van der Waals surface area contributed by atoms with Crippen molar-refractivity contribution in [2.24, 2.45) is 0 Å². The van der Waals surface area contributed by atoms with Crippen LogP contribution in [-0.4, -0.2) is 25.0 Å². The predicted molar refractivity (Wildman–Crippen MR) is 103 cm³/mol. The van der Waals surface area contributed by atoms with Crippen LogP contribution in [0, 0.1) is 0 Å². The summed E-state index contributed by atoms with van der Waals surface area (Å²) in [6.45, 7) is 4.09. The monoisotopic (exact) mass is 379 g/mol. The first-order valence-electron chi connectivity index (χ1n) is 9.47. The summed E-state index contributed by atoms with van der Waals surface area (Å²) in [5, 5.41) is 0. The highest BCUT2D eigenvalue weighted by atomic mass is 19.4. The summed E-state index contributed by atoms with van der Waals surface area (Å²) in [5.74, 6) is 0.450. The van der Waals surface area contributed by atoms with Crippen LogP contribution < -0.4 is 4.74 Å². The van der Waals surface area contributed by atoms with E-state index in [-0.39, 0.29) is 6.10 Å². The molecule has 148 valence electrons. The lowest BCUT2D eigenvalue weighted by Gasteiger charge is -2.23. The molecule has 0 heterocycles. The van der Waals surface area contributed by atoms with Crippen molar-refractivity contribution in [3.63, 3.8) is 0 Å². The molecule has 0 N–H and O–H groups in total. The smallest absolute Gasteiger partial charge is 0.416 e. The van der Waals surface area contributed by atoms with Crippen LogP contribution in [0.5, 0.6) is 5.75 Å². The SMILES string of the molecule is CCCCCN(C)CCC(Oc1ccc(C(F)(F)F)cc1)c1ccccc1. The van der Waals surface area contributed by atoms with E-state index in [9.17, 15) is 13.2 Å². The van der Waals surface area contributed by atoms with Crippen LogP contribution in [0.4, 0.5) is 13.2 Å². The first kappa shape index (κ1) is 21.3. The first-order valence-corrected chi connectivity index (χ1v) is 9.47. The van der Waals surface area contributed by atoms with E-state index in [4.69, 9.17) is 4.74 Å². The van der Waals surface area contributed by atoms with Gasteiger partial charge >= 0.3 is 6.18 Å². The number of benzene rings is 2. The van der Waals surface area contributed by atoms with Gasteiger partial charge in [0, 0.05) is 13.0 Å². The summed E-state index contributed by atoms with van der Waals surface area (Å²) in [5.41, 5.74) is 0.362. The summed E-state index contributed by atoms with van der Waals surface area (Å²) in [6.07, 6.45) is -0.183. The van der Waals surface area contributed by atoms with Crippen LogP contribution in [0.3, 0.4) is 0 Å². The van der Waals surface area contributed by atoms with Gasteiger partial charge in [0.2, 0.25) is 0 Å². The quantitative estimate of drug-likeness (QED) is 0.447. The molecule has 0 aromatic heterocycles. The molecule has 0 spiro atoms. The molecule has 0 amide bonds. The molecule has 0 saturated heterocycles. The summed E-state index contributed by atoms with van der Waals surface area (Å²) in [7, 11) is 2.09. The highest BCUT2D eigenvalue weighted by Gasteiger charge is 2.30. The van der Waals surface area contributed by atoms with E-state index >= 15 is 0 Å². The normalized spacial score (nSPS) is 13.0. The molecular weight excluding hydrogens is 351 g/mol. The van der Waals surface area contributed by atoms with Crippen LogP contribution in [0.25, 0.3) is 0 Å². The molecule has 27 heavy (non-hydrogen) atoms. The molecule has 0 saturated carbocycles. The summed E-state index contributed by atoms with van der Waals surface area (Å²) in [6, 6.07) is 14.7. The Hall–Kier alpha value is -2.01. The molecule has 2 rings (SSSR count). The fraction of sp³-hybridized carbons (Fsp3) is 0.455. The molecule has 0 bridgehead atoms. The Morgan fingerprint density at radius 3 is 2.19 bits per heavy atom. The van der Waals surface area contributed by atoms with Crippen molar-refractivity contribution >= 4 is 0 Å². The second-order valence-corrected chi connectivity index (χ2v) is 6.84. The first-order chi connectivity index (χ1) is 12.9. The Morgan fingerprint density at radius 1 is 0.926 bits per heavy atom. The minimum atomic E-state index is -4.33. The lowest BCUT2D eigenvalue weighted by Crippen LogP contribution is -2.24. The van der Waals surface area contributed by atoms with E-state index in [1.165, 1.54) is 31.4 Å². The van der Waals surface area contributed by atoms with Crippen molar-refractivity contribution in [3.8, 4) is 5.75 Å². The minimum Gasteiger partial charge on any atom is -0.486 e. The third kappa shape index (κ3) is 7.25. The van der Waals surface area contributed by atoms with Crippen LogP contribution in [0.2, 0.25) is 0 Å². The van der Waals surface area contributed by atoms with Crippen LogP contribution in [-0.2, 0) is 6.18 Å². The number of ether oxygens (including phenoxy) is 1. The maximum absolute atomic E-state index is 12.7. The van der Waals surface area contributed by atoms with Gasteiger partial charge in [-0.3, -0.25) is 0 Å². The summed E-state index contributed by atoms with van der Waals surface area (Å²) >= 11 is 0. The van der Waals surface area contributed by atoms with Gasteiger partial charge < -0.3 is 9.64 Å². The van der Waals surface area contributed by atoms with Crippen LogP contribution in [0.15, 0.2) is 54.6 Å². The van der Waals surface area contributed by atoms with Crippen molar-refractivity contribution in [1.29, 1.82) is 0 Å². The fourth-order valence-corrected chi connectivity index (χ4v) is 2.93. The molecule has 0 fully saturated rings. The van der Waals surface area contributed by atoms with E-state index in [2.05, 4.69) is 18.9 Å². The summed E-state index contributed by atoms with van der Waals surface area (Å²) < 4.78 is 44.3. The number of rotatable bonds is 10. The average molecular weight is 379 g/mol. The summed E-state index contributed by atoms with van der Waals surface area (Å²) in [4.78, 5) is 2.28. The Bertz CT molecular complexity index is 656.